The Morgan fingerprint density at radius 3 is 2.69 bits per heavy atom. The van der Waals surface area contributed by atoms with Gasteiger partial charge in [-0.05, 0) is 43.4 Å². The fourth-order valence-electron chi connectivity index (χ4n) is 3.23. The predicted octanol–water partition coefficient (Wildman–Crippen LogP) is 2.28. The van der Waals surface area contributed by atoms with E-state index in [0.717, 1.165) is 12.8 Å². The number of hydrogen-bond acceptors (Lipinski definition) is 6. The molecule has 1 saturated heterocycles. The molecule has 2 heterocycles. The van der Waals surface area contributed by atoms with Crippen molar-refractivity contribution in [2.24, 2.45) is 5.92 Å². The number of piperidine rings is 1. The molecule has 0 bridgehead atoms. The Morgan fingerprint density at radius 2 is 1.97 bits per heavy atom. The molecule has 1 aliphatic rings. The summed E-state index contributed by atoms with van der Waals surface area (Å²) in [5, 5.41) is 15.0. The summed E-state index contributed by atoms with van der Waals surface area (Å²) in [5.74, 6) is -0.551. The van der Waals surface area contributed by atoms with Gasteiger partial charge in [-0.1, -0.05) is 17.7 Å². The van der Waals surface area contributed by atoms with Gasteiger partial charge in [0.05, 0.1) is 0 Å². The van der Waals surface area contributed by atoms with Crippen LogP contribution in [0.15, 0.2) is 30.6 Å². The van der Waals surface area contributed by atoms with Crippen molar-refractivity contribution in [2.75, 3.05) is 29.9 Å². The van der Waals surface area contributed by atoms with Gasteiger partial charge < -0.3 is 15.5 Å². The number of nitriles is 1. The molecule has 2 amide bonds. The van der Waals surface area contributed by atoms with Crippen LogP contribution in [0.5, 0.6) is 0 Å². The Kier molecular flexibility index (Phi) is 6.62. The van der Waals surface area contributed by atoms with Gasteiger partial charge >= 0.3 is 11.8 Å². The minimum Gasteiger partial charge on any atom is -0.354 e. The Labute approximate surface area is 173 Å². The van der Waals surface area contributed by atoms with Crippen LogP contribution >= 0.6 is 11.6 Å². The lowest BCUT2D eigenvalue weighted by atomic mass is 9.96. The highest BCUT2D eigenvalue weighted by Gasteiger charge is 2.24. The molecule has 0 saturated carbocycles. The Hall–Kier alpha value is -3.18. The molecule has 29 heavy (non-hydrogen) atoms. The highest BCUT2D eigenvalue weighted by Crippen LogP contribution is 2.24. The summed E-state index contributed by atoms with van der Waals surface area (Å²) in [6, 6.07) is 7.19. The molecule has 1 aromatic carbocycles. The average Bonchev–Trinajstić information content (AvgIpc) is 2.75. The third-order valence-electron chi connectivity index (χ3n) is 4.97. The lowest BCUT2D eigenvalue weighted by Gasteiger charge is -2.32. The molecule has 1 aromatic heterocycles. The summed E-state index contributed by atoms with van der Waals surface area (Å²) in [6.45, 7) is 3.61. The summed E-state index contributed by atoms with van der Waals surface area (Å²) in [6.07, 6.45) is 4.70. The number of aromatic nitrogens is 2. The van der Waals surface area contributed by atoms with Gasteiger partial charge in [-0.15, -0.1) is 0 Å². The summed E-state index contributed by atoms with van der Waals surface area (Å²) in [4.78, 5) is 34.6. The Bertz CT molecular complexity index is 950. The van der Waals surface area contributed by atoms with E-state index in [1.54, 1.807) is 31.3 Å². The predicted molar refractivity (Wildman–Crippen MR) is 110 cm³/mol. The molecule has 0 spiro atoms. The van der Waals surface area contributed by atoms with E-state index >= 15 is 0 Å². The molecule has 3 rings (SSSR count). The number of carbonyl (C=O) groups is 2. The molecular formula is C20H21ClN6O2. The van der Waals surface area contributed by atoms with Gasteiger partial charge in [-0.2, -0.15) is 5.26 Å². The number of benzene rings is 1. The number of hydrogen-bond donors (Lipinski definition) is 2. The molecule has 1 aliphatic heterocycles. The zero-order valence-corrected chi connectivity index (χ0v) is 16.7. The Balaban J connectivity index is 1.47. The van der Waals surface area contributed by atoms with Gasteiger partial charge in [0.25, 0.3) is 0 Å². The number of halogens is 1. The normalized spacial score (nSPS) is 14.2. The van der Waals surface area contributed by atoms with Gasteiger partial charge in [0.2, 0.25) is 0 Å². The van der Waals surface area contributed by atoms with Crippen molar-refractivity contribution >= 4 is 34.9 Å². The third kappa shape index (κ3) is 5.00. The smallest absolute Gasteiger partial charge is 0.313 e. The van der Waals surface area contributed by atoms with Crippen molar-refractivity contribution < 1.29 is 9.59 Å². The van der Waals surface area contributed by atoms with E-state index in [-0.39, 0.29) is 5.92 Å². The number of nitrogens with one attached hydrogen (secondary N) is 2. The van der Waals surface area contributed by atoms with Crippen molar-refractivity contribution in [1.82, 2.24) is 15.3 Å². The van der Waals surface area contributed by atoms with Crippen LogP contribution in [-0.4, -0.2) is 41.4 Å². The standard InChI is InChI=1S/C20H21ClN6O2/c1-13-15(21)3-2-4-16(13)26-20(29)19(28)25-12-14-5-9-27(10-6-14)18-17(11-22)23-7-8-24-18/h2-4,7-8,14H,5-6,9-10,12H2,1H3,(H,25,28)(H,26,29). The van der Waals surface area contributed by atoms with Gasteiger partial charge in [0.1, 0.15) is 6.07 Å². The van der Waals surface area contributed by atoms with Crippen molar-refractivity contribution in [3.8, 4) is 6.07 Å². The van der Waals surface area contributed by atoms with Crippen molar-refractivity contribution in [2.45, 2.75) is 19.8 Å². The summed E-state index contributed by atoms with van der Waals surface area (Å²) in [7, 11) is 0. The minimum absolute atomic E-state index is 0.248. The van der Waals surface area contributed by atoms with E-state index < -0.39 is 11.8 Å². The van der Waals surface area contributed by atoms with E-state index in [1.807, 2.05) is 4.90 Å². The van der Waals surface area contributed by atoms with Gasteiger partial charge in [0, 0.05) is 42.7 Å². The largest absolute Gasteiger partial charge is 0.354 e. The molecule has 8 nitrogen and oxygen atoms in total. The second-order valence-corrected chi connectivity index (χ2v) is 7.25. The average molecular weight is 413 g/mol. The molecule has 1 fully saturated rings. The second kappa shape index (κ2) is 9.34. The zero-order chi connectivity index (χ0) is 20.8. The lowest BCUT2D eigenvalue weighted by Crippen LogP contribution is -2.42. The maximum Gasteiger partial charge on any atom is 0.313 e. The highest BCUT2D eigenvalue weighted by atomic mass is 35.5. The molecule has 0 radical (unpaired) electrons. The summed E-state index contributed by atoms with van der Waals surface area (Å²) < 4.78 is 0. The number of rotatable bonds is 4. The van der Waals surface area contributed by atoms with Gasteiger partial charge in [-0.3, -0.25) is 9.59 Å². The quantitative estimate of drug-likeness (QED) is 0.745. The molecule has 0 unspecified atom stereocenters. The van der Waals surface area contributed by atoms with Crippen LogP contribution in [0.4, 0.5) is 11.5 Å². The minimum atomic E-state index is -0.717. The highest BCUT2D eigenvalue weighted by molar-refractivity contribution is 6.40. The number of amides is 2. The maximum absolute atomic E-state index is 12.1. The number of carbonyl (C=O) groups excluding carboxylic acids is 2. The topological polar surface area (TPSA) is 111 Å². The molecule has 150 valence electrons. The van der Waals surface area contributed by atoms with Crippen LogP contribution in [-0.2, 0) is 9.59 Å². The lowest BCUT2D eigenvalue weighted by molar-refractivity contribution is -0.136. The van der Waals surface area contributed by atoms with Gasteiger partial charge in [-0.25, -0.2) is 9.97 Å². The molecule has 9 heteroatoms. The molecule has 2 N–H and O–H groups in total. The van der Waals surface area contributed by atoms with Crippen molar-refractivity contribution in [1.29, 1.82) is 5.26 Å². The molecule has 2 aromatic rings. The van der Waals surface area contributed by atoms with Crippen LogP contribution in [0.3, 0.4) is 0 Å². The van der Waals surface area contributed by atoms with Gasteiger partial charge in [0.15, 0.2) is 11.5 Å². The fourth-order valence-corrected chi connectivity index (χ4v) is 3.40. The fraction of sp³-hybridized carbons (Fsp3) is 0.350. The monoisotopic (exact) mass is 412 g/mol. The number of nitrogens with zero attached hydrogens (tertiary/aromatic N) is 4. The van der Waals surface area contributed by atoms with E-state index in [0.29, 0.717) is 47.4 Å². The van der Waals surface area contributed by atoms with E-state index in [2.05, 4.69) is 26.7 Å². The summed E-state index contributed by atoms with van der Waals surface area (Å²) >= 11 is 6.03. The van der Waals surface area contributed by atoms with E-state index in [9.17, 15) is 9.59 Å². The molecule has 0 atom stereocenters. The number of anilines is 2. The first kappa shape index (κ1) is 20.6. The van der Waals surface area contributed by atoms with E-state index in [4.69, 9.17) is 16.9 Å². The molecule has 0 aliphatic carbocycles. The van der Waals surface area contributed by atoms with Crippen LogP contribution in [0.2, 0.25) is 5.02 Å². The van der Waals surface area contributed by atoms with Crippen LogP contribution in [0.1, 0.15) is 24.1 Å². The van der Waals surface area contributed by atoms with Crippen LogP contribution in [0, 0.1) is 24.2 Å². The first-order valence-electron chi connectivity index (χ1n) is 9.30. The second-order valence-electron chi connectivity index (χ2n) is 6.85. The van der Waals surface area contributed by atoms with E-state index in [1.165, 1.54) is 6.20 Å². The SMILES string of the molecule is Cc1c(Cl)cccc1NC(=O)C(=O)NCC1CCN(c2nccnc2C#N)CC1. The third-order valence-corrected chi connectivity index (χ3v) is 5.38. The van der Waals surface area contributed by atoms with Crippen LogP contribution < -0.4 is 15.5 Å². The maximum atomic E-state index is 12.1. The first-order chi connectivity index (χ1) is 14.0. The first-order valence-corrected chi connectivity index (χ1v) is 9.67. The molecular weight excluding hydrogens is 392 g/mol. The Morgan fingerprint density at radius 1 is 1.24 bits per heavy atom. The van der Waals surface area contributed by atoms with Crippen molar-refractivity contribution in [3.63, 3.8) is 0 Å². The summed E-state index contributed by atoms with van der Waals surface area (Å²) in [5.41, 5.74) is 1.54. The van der Waals surface area contributed by atoms with Crippen molar-refractivity contribution in [3.05, 3.63) is 46.9 Å². The van der Waals surface area contributed by atoms with Crippen LogP contribution in [0.25, 0.3) is 0 Å². The zero-order valence-electron chi connectivity index (χ0n) is 16.0.